The van der Waals surface area contributed by atoms with E-state index in [1.54, 1.807) is 26.0 Å². The molecule has 1 heterocycles. The smallest absolute Gasteiger partial charge is 0.216 e. The normalized spacial score (nSPS) is 32.2. The Morgan fingerprint density at radius 3 is 2.74 bits per heavy atom. The first-order chi connectivity index (χ1) is 10.7. The highest BCUT2D eigenvalue weighted by atomic mass is 32.2. The molecule has 1 aromatic rings. The Labute approximate surface area is 137 Å². The second-order valence-corrected chi connectivity index (χ2v) is 9.59. The van der Waals surface area contributed by atoms with Gasteiger partial charge in [-0.25, -0.2) is 17.1 Å². The van der Waals surface area contributed by atoms with Gasteiger partial charge in [-0.2, -0.15) is 0 Å². The van der Waals surface area contributed by atoms with Crippen molar-refractivity contribution >= 4 is 10.0 Å². The number of nitrogens with zero attached hydrogens (tertiary/aromatic N) is 1. The van der Waals surface area contributed by atoms with Crippen LogP contribution in [0.4, 0.5) is 4.39 Å². The summed E-state index contributed by atoms with van der Waals surface area (Å²) in [5.41, 5.74) is -0.581. The fourth-order valence-electron chi connectivity index (χ4n) is 4.11. The van der Waals surface area contributed by atoms with E-state index in [2.05, 4.69) is 0 Å². The molecule has 128 valence electrons. The van der Waals surface area contributed by atoms with Gasteiger partial charge in [0.15, 0.2) is 0 Å². The Bertz CT molecular complexity index is 691. The number of rotatable bonds is 3. The molecule has 1 aliphatic carbocycles. The molecular weight excluding hydrogens is 317 g/mol. The lowest BCUT2D eigenvalue weighted by Gasteiger charge is -2.41. The molecule has 0 amide bonds. The monoisotopic (exact) mass is 341 g/mol. The SMILES string of the molecule is CC(C)S(=O)(=O)N1CC2CCCC(O)(c3cccc(F)c3)C2C1. The molecule has 0 bridgehead atoms. The van der Waals surface area contributed by atoms with Gasteiger partial charge in [0.1, 0.15) is 5.82 Å². The van der Waals surface area contributed by atoms with E-state index < -0.39 is 20.9 Å². The number of hydrogen-bond donors (Lipinski definition) is 1. The van der Waals surface area contributed by atoms with Gasteiger partial charge in [0.2, 0.25) is 10.0 Å². The third kappa shape index (κ3) is 2.81. The van der Waals surface area contributed by atoms with E-state index in [0.29, 0.717) is 25.1 Å². The van der Waals surface area contributed by atoms with Crippen molar-refractivity contribution in [2.24, 2.45) is 11.8 Å². The summed E-state index contributed by atoms with van der Waals surface area (Å²) in [6.45, 7) is 4.13. The van der Waals surface area contributed by atoms with Gasteiger partial charge in [0.25, 0.3) is 0 Å². The van der Waals surface area contributed by atoms with Crippen LogP contribution in [0.25, 0.3) is 0 Å². The Kier molecular flexibility index (Phi) is 4.27. The molecule has 0 radical (unpaired) electrons. The van der Waals surface area contributed by atoms with Crippen LogP contribution >= 0.6 is 0 Å². The average Bonchev–Trinajstić information content (AvgIpc) is 2.93. The van der Waals surface area contributed by atoms with Crippen molar-refractivity contribution in [2.75, 3.05) is 13.1 Å². The predicted octanol–water partition coefficient (Wildman–Crippen LogP) is 2.48. The minimum Gasteiger partial charge on any atom is -0.385 e. The number of fused-ring (bicyclic) bond motifs is 1. The number of sulfonamides is 1. The zero-order valence-corrected chi connectivity index (χ0v) is 14.4. The van der Waals surface area contributed by atoms with Crippen LogP contribution in [0.3, 0.4) is 0 Å². The molecule has 1 saturated carbocycles. The summed E-state index contributed by atoms with van der Waals surface area (Å²) in [6, 6.07) is 6.08. The molecular formula is C17H24FNO3S. The summed E-state index contributed by atoms with van der Waals surface area (Å²) in [5, 5.41) is 10.8. The van der Waals surface area contributed by atoms with Gasteiger partial charge in [-0.1, -0.05) is 12.1 Å². The lowest BCUT2D eigenvalue weighted by Crippen LogP contribution is -2.43. The molecule has 3 atom stereocenters. The highest BCUT2D eigenvalue weighted by molar-refractivity contribution is 7.89. The zero-order chi connectivity index (χ0) is 16.8. The first-order valence-corrected chi connectivity index (χ1v) is 9.73. The molecule has 2 aliphatic rings. The maximum absolute atomic E-state index is 13.6. The minimum atomic E-state index is -3.33. The van der Waals surface area contributed by atoms with Gasteiger partial charge < -0.3 is 5.11 Å². The molecule has 6 heteroatoms. The molecule has 1 N–H and O–H groups in total. The van der Waals surface area contributed by atoms with Gasteiger partial charge in [-0.15, -0.1) is 0 Å². The van der Waals surface area contributed by atoms with Crippen LogP contribution in [0.5, 0.6) is 0 Å². The molecule has 1 aromatic carbocycles. The van der Waals surface area contributed by atoms with Crippen molar-refractivity contribution in [3.8, 4) is 0 Å². The second kappa shape index (κ2) is 5.83. The Balaban J connectivity index is 1.93. The Hall–Kier alpha value is -0.980. The molecule has 1 saturated heterocycles. The molecule has 0 aromatic heterocycles. The highest BCUT2D eigenvalue weighted by Gasteiger charge is 2.52. The number of hydrogen-bond acceptors (Lipinski definition) is 3. The summed E-state index contributed by atoms with van der Waals surface area (Å²) < 4.78 is 40.0. The number of aliphatic hydroxyl groups is 1. The molecule has 23 heavy (non-hydrogen) atoms. The molecule has 2 fully saturated rings. The molecule has 3 unspecified atom stereocenters. The maximum Gasteiger partial charge on any atom is 0.216 e. The van der Waals surface area contributed by atoms with Gasteiger partial charge >= 0.3 is 0 Å². The fraction of sp³-hybridized carbons (Fsp3) is 0.647. The van der Waals surface area contributed by atoms with Crippen LogP contribution in [0, 0.1) is 17.7 Å². The molecule has 4 nitrogen and oxygen atoms in total. The summed E-state index contributed by atoms with van der Waals surface area (Å²) in [5.74, 6) is -0.417. The first kappa shape index (κ1) is 16.9. The standard InChI is InChI=1S/C17H24FNO3S/c1-12(2)23(21,22)19-10-13-5-4-8-17(20,16(13)11-19)14-6-3-7-15(18)9-14/h3,6-7,9,12-13,16,20H,4-5,8,10-11H2,1-2H3. The van der Waals surface area contributed by atoms with Crippen LogP contribution in [0.2, 0.25) is 0 Å². The van der Waals surface area contributed by atoms with Gasteiger partial charge in [-0.05, 0) is 56.7 Å². The van der Waals surface area contributed by atoms with Crippen molar-refractivity contribution < 1.29 is 17.9 Å². The quantitative estimate of drug-likeness (QED) is 0.919. The zero-order valence-electron chi connectivity index (χ0n) is 13.6. The van der Waals surface area contributed by atoms with E-state index in [-0.39, 0.29) is 17.7 Å². The van der Waals surface area contributed by atoms with E-state index in [1.807, 2.05) is 0 Å². The van der Waals surface area contributed by atoms with Crippen LogP contribution in [-0.2, 0) is 15.6 Å². The maximum atomic E-state index is 13.6. The first-order valence-electron chi connectivity index (χ1n) is 8.22. The summed E-state index contributed by atoms with van der Waals surface area (Å²) in [4.78, 5) is 0. The molecule has 1 aliphatic heterocycles. The lowest BCUT2D eigenvalue weighted by molar-refractivity contribution is -0.0642. The summed E-state index contributed by atoms with van der Waals surface area (Å²) >= 11 is 0. The number of halogens is 1. The van der Waals surface area contributed by atoms with Crippen LogP contribution < -0.4 is 0 Å². The lowest BCUT2D eigenvalue weighted by atomic mass is 9.67. The summed E-state index contributed by atoms with van der Waals surface area (Å²) in [7, 11) is -3.33. The molecule has 3 rings (SSSR count). The number of benzene rings is 1. The summed E-state index contributed by atoms with van der Waals surface area (Å²) in [6.07, 6.45) is 2.28. The van der Waals surface area contributed by atoms with E-state index in [9.17, 15) is 17.9 Å². The van der Waals surface area contributed by atoms with E-state index >= 15 is 0 Å². The topological polar surface area (TPSA) is 57.6 Å². The van der Waals surface area contributed by atoms with Gasteiger partial charge in [0.05, 0.1) is 10.9 Å². The minimum absolute atomic E-state index is 0.130. The van der Waals surface area contributed by atoms with Crippen molar-refractivity contribution in [2.45, 2.75) is 44.0 Å². The third-order valence-corrected chi connectivity index (χ3v) is 7.64. The van der Waals surface area contributed by atoms with Gasteiger partial charge in [0, 0.05) is 19.0 Å². The predicted molar refractivity (Wildman–Crippen MR) is 86.8 cm³/mol. The molecule has 0 spiro atoms. The van der Waals surface area contributed by atoms with E-state index in [4.69, 9.17) is 0 Å². The Morgan fingerprint density at radius 1 is 1.35 bits per heavy atom. The van der Waals surface area contributed by atoms with E-state index in [0.717, 1.165) is 12.8 Å². The highest BCUT2D eigenvalue weighted by Crippen LogP contribution is 2.48. The van der Waals surface area contributed by atoms with Crippen molar-refractivity contribution in [1.82, 2.24) is 4.31 Å². The van der Waals surface area contributed by atoms with Crippen LogP contribution in [0.15, 0.2) is 24.3 Å². The Morgan fingerprint density at radius 2 is 2.09 bits per heavy atom. The second-order valence-electron chi connectivity index (χ2n) is 7.10. The van der Waals surface area contributed by atoms with E-state index in [1.165, 1.54) is 16.4 Å². The van der Waals surface area contributed by atoms with Crippen LogP contribution in [0.1, 0.15) is 38.7 Å². The third-order valence-electron chi connectivity index (χ3n) is 5.43. The van der Waals surface area contributed by atoms with Crippen molar-refractivity contribution in [3.05, 3.63) is 35.6 Å². The largest absolute Gasteiger partial charge is 0.385 e. The van der Waals surface area contributed by atoms with Crippen molar-refractivity contribution in [3.63, 3.8) is 0 Å². The van der Waals surface area contributed by atoms with Crippen LogP contribution in [-0.4, -0.2) is 36.2 Å². The average molecular weight is 341 g/mol. The van der Waals surface area contributed by atoms with Crippen molar-refractivity contribution in [1.29, 1.82) is 0 Å². The fourth-order valence-corrected chi connectivity index (χ4v) is 5.47. The van der Waals surface area contributed by atoms with Gasteiger partial charge in [-0.3, -0.25) is 0 Å².